The minimum atomic E-state index is -0.269. The van der Waals surface area contributed by atoms with Gasteiger partial charge in [0.25, 0.3) is 5.91 Å². The van der Waals surface area contributed by atoms with Crippen molar-refractivity contribution in [1.29, 1.82) is 0 Å². The third-order valence-electron chi connectivity index (χ3n) is 5.73. The molecule has 3 N–H and O–H groups in total. The maximum Gasteiger partial charge on any atom is 0.270 e. The Morgan fingerprint density at radius 3 is 2.57 bits per heavy atom. The van der Waals surface area contributed by atoms with Crippen LogP contribution in [0.1, 0.15) is 46.0 Å². The summed E-state index contributed by atoms with van der Waals surface area (Å²) in [6.07, 6.45) is 6.87. The fourth-order valence-corrected chi connectivity index (χ4v) is 3.85. The third kappa shape index (κ3) is 5.35. The quantitative estimate of drug-likeness (QED) is 0.308. The van der Waals surface area contributed by atoms with Crippen molar-refractivity contribution in [2.24, 2.45) is 0 Å². The van der Waals surface area contributed by atoms with E-state index in [1.54, 1.807) is 23.3 Å². The number of pyridine rings is 2. The van der Waals surface area contributed by atoms with Gasteiger partial charge in [-0.15, -0.1) is 0 Å². The molecule has 0 aliphatic heterocycles. The van der Waals surface area contributed by atoms with Crippen molar-refractivity contribution in [3.63, 3.8) is 0 Å². The first-order chi connectivity index (χ1) is 17.9. The summed E-state index contributed by atoms with van der Waals surface area (Å²) >= 11 is 0. The molecule has 5 aromatic heterocycles. The lowest BCUT2D eigenvalue weighted by atomic mass is 10.1. The first kappa shape index (κ1) is 23.8. The first-order valence-electron chi connectivity index (χ1n) is 11.7. The number of carbonyl (C=O) groups excluding carboxylic acids is 1. The van der Waals surface area contributed by atoms with Crippen LogP contribution in [0.4, 0.5) is 11.6 Å². The zero-order valence-corrected chi connectivity index (χ0v) is 20.9. The smallest absolute Gasteiger partial charge is 0.270 e. The van der Waals surface area contributed by atoms with Crippen molar-refractivity contribution in [2.45, 2.75) is 33.7 Å². The number of aromatic nitrogens is 8. The van der Waals surface area contributed by atoms with Gasteiger partial charge in [-0.2, -0.15) is 10.2 Å². The van der Waals surface area contributed by atoms with Gasteiger partial charge in [-0.25, -0.2) is 19.6 Å². The molecule has 11 nitrogen and oxygen atoms in total. The number of amides is 1. The molecule has 5 rings (SSSR count). The van der Waals surface area contributed by atoms with Gasteiger partial charge in [-0.3, -0.25) is 14.9 Å². The van der Waals surface area contributed by atoms with Gasteiger partial charge in [0.1, 0.15) is 11.5 Å². The lowest BCUT2D eigenvalue weighted by molar-refractivity contribution is 0.0934. The minimum Gasteiger partial charge on any atom is -0.344 e. The van der Waals surface area contributed by atoms with Crippen LogP contribution in [0.5, 0.6) is 0 Å². The van der Waals surface area contributed by atoms with Gasteiger partial charge in [0.05, 0.1) is 6.04 Å². The van der Waals surface area contributed by atoms with Gasteiger partial charge in [-0.05, 0) is 57.0 Å². The minimum absolute atomic E-state index is 0.257. The number of anilines is 2. The Morgan fingerprint density at radius 2 is 1.89 bits per heavy atom. The normalized spacial score (nSPS) is 11.8. The van der Waals surface area contributed by atoms with Gasteiger partial charge >= 0.3 is 0 Å². The fourth-order valence-electron chi connectivity index (χ4n) is 3.85. The van der Waals surface area contributed by atoms with Gasteiger partial charge in [0, 0.05) is 53.9 Å². The second-order valence-corrected chi connectivity index (χ2v) is 8.76. The summed E-state index contributed by atoms with van der Waals surface area (Å²) in [6.45, 7) is 7.57. The number of nitrogens with one attached hydrogen (secondary N) is 3. The fraction of sp³-hybridized carbons (Fsp3) is 0.192. The summed E-state index contributed by atoms with van der Waals surface area (Å²) in [5.41, 5.74) is 4.38. The number of carbonyl (C=O) groups is 1. The molecule has 5 heterocycles. The monoisotopic (exact) mass is 494 g/mol. The maximum atomic E-state index is 13.0. The summed E-state index contributed by atoms with van der Waals surface area (Å²) in [4.78, 5) is 31.0. The van der Waals surface area contributed by atoms with E-state index in [1.165, 1.54) is 0 Å². The molecular weight excluding hydrogens is 468 g/mol. The van der Waals surface area contributed by atoms with Crippen LogP contribution in [0.25, 0.3) is 17.2 Å². The average Bonchev–Trinajstić information content (AvgIpc) is 3.56. The molecule has 186 valence electrons. The predicted molar refractivity (Wildman–Crippen MR) is 139 cm³/mol. The molecule has 0 aromatic carbocycles. The van der Waals surface area contributed by atoms with Crippen molar-refractivity contribution >= 4 is 17.5 Å². The maximum absolute atomic E-state index is 13.0. The molecule has 5 aromatic rings. The Morgan fingerprint density at radius 1 is 1.03 bits per heavy atom. The lowest BCUT2D eigenvalue weighted by Gasteiger charge is -2.15. The second-order valence-electron chi connectivity index (χ2n) is 8.76. The Bertz CT molecular complexity index is 1540. The molecule has 1 unspecified atom stereocenters. The zero-order chi connectivity index (χ0) is 25.9. The summed E-state index contributed by atoms with van der Waals surface area (Å²) in [5.74, 6) is 2.23. The standard InChI is InChI=1S/C26H26N10O/c1-15-10-20(25-30-16(2)11-21(33-25)32-22-12-17(3)34-35-22)14-28-24(15)26(37)31-18(4)19-6-7-23(27-13-19)36-9-5-8-29-36/h5-14,18H,1-4H3,(H,31,37)(H2,30,32,33,34,35). The molecule has 11 heteroatoms. The predicted octanol–water partition coefficient (Wildman–Crippen LogP) is 4.00. The summed E-state index contributed by atoms with van der Waals surface area (Å²) in [6, 6.07) is 11.0. The molecule has 1 atom stereocenters. The van der Waals surface area contributed by atoms with Crippen molar-refractivity contribution in [3.8, 4) is 17.2 Å². The van der Waals surface area contributed by atoms with Crippen LogP contribution in [0.2, 0.25) is 0 Å². The summed E-state index contributed by atoms with van der Waals surface area (Å²) < 4.78 is 1.68. The largest absolute Gasteiger partial charge is 0.344 e. The van der Waals surface area contributed by atoms with E-state index >= 15 is 0 Å². The number of rotatable bonds is 7. The van der Waals surface area contributed by atoms with Gasteiger partial charge in [0.15, 0.2) is 17.5 Å². The highest BCUT2D eigenvalue weighted by molar-refractivity contribution is 5.94. The van der Waals surface area contributed by atoms with E-state index in [1.807, 2.05) is 70.3 Å². The highest BCUT2D eigenvalue weighted by Gasteiger charge is 2.17. The van der Waals surface area contributed by atoms with Crippen LogP contribution in [0.15, 0.2) is 61.2 Å². The van der Waals surface area contributed by atoms with Crippen molar-refractivity contribution < 1.29 is 4.79 Å². The Balaban J connectivity index is 1.30. The number of nitrogens with zero attached hydrogens (tertiary/aromatic N) is 7. The Kier molecular flexibility index (Phi) is 6.42. The van der Waals surface area contributed by atoms with Gasteiger partial charge in [0.2, 0.25) is 0 Å². The topological polar surface area (TPSA) is 139 Å². The number of hydrogen-bond donors (Lipinski definition) is 3. The molecule has 1 amide bonds. The molecule has 0 saturated heterocycles. The molecule has 0 aliphatic rings. The van der Waals surface area contributed by atoms with Gasteiger partial charge < -0.3 is 10.6 Å². The third-order valence-corrected chi connectivity index (χ3v) is 5.73. The number of aromatic amines is 1. The van der Waals surface area contributed by atoms with Crippen LogP contribution >= 0.6 is 0 Å². The Labute approximate surface area is 213 Å². The number of hydrogen-bond acceptors (Lipinski definition) is 8. The lowest BCUT2D eigenvalue weighted by Crippen LogP contribution is -2.28. The first-order valence-corrected chi connectivity index (χ1v) is 11.7. The molecule has 0 spiro atoms. The Hall–Kier alpha value is -4.93. The SMILES string of the molecule is Cc1cc(Nc2cc(C)[nH]n2)nc(-c2cnc(C(=O)NC(C)c3ccc(-n4cccn4)nc3)c(C)c2)n1. The summed E-state index contributed by atoms with van der Waals surface area (Å²) in [5, 5.41) is 17.4. The molecule has 37 heavy (non-hydrogen) atoms. The summed E-state index contributed by atoms with van der Waals surface area (Å²) in [7, 11) is 0. The van der Waals surface area contributed by atoms with E-state index in [-0.39, 0.29) is 11.9 Å². The zero-order valence-electron chi connectivity index (χ0n) is 20.9. The van der Waals surface area contributed by atoms with E-state index in [4.69, 9.17) is 0 Å². The van der Waals surface area contributed by atoms with Crippen molar-refractivity contribution in [1.82, 2.24) is 45.2 Å². The van der Waals surface area contributed by atoms with Gasteiger partial charge in [-0.1, -0.05) is 6.07 Å². The van der Waals surface area contributed by atoms with E-state index in [9.17, 15) is 4.79 Å². The molecule has 0 saturated carbocycles. The van der Waals surface area contributed by atoms with E-state index in [0.717, 1.165) is 22.5 Å². The molecular formula is C26H26N10O. The highest BCUT2D eigenvalue weighted by atomic mass is 16.1. The highest BCUT2D eigenvalue weighted by Crippen LogP contribution is 2.22. The molecule has 0 bridgehead atoms. The van der Waals surface area contributed by atoms with E-state index in [0.29, 0.717) is 34.5 Å². The van der Waals surface area contributed by atoms with Crippen molar-refractivity contribution in [2.75, 3.05) is 5.32 Å². The van der Waals surface area contributed by atoms with Crippen LogP contribution in [0.3, 0.4) is 0 Å². The average molecular weight is 495 g/mol. The second kappa shape index (κ2) is 9.97. The van der Waals surface area contributed by atoms with Crippen molar-refractivity contribution in [3.05, 3.63) is 89.4 Å². The van der Waals surface area contributed by atoms with Crippen LogP contribution in [0, 0.1) is 20.8 Å². The molecule has 0 aliphatic carbocycles. The molecule has 0 radical (unpaired) electrons. The van der Waals surface area contributed by atoms with Crippen LogP contribution < -0.4 is 10.6 Å². The van der Waals surface area contributed by atoms with Crippen LogP contribution in [-0.2, 0) is 0 Å². The number of aryl methyl sites for hydroxylation is 3. The van der Waals surface area contributed by atoms with E-state index in [2.05, 4.69) is 45.9 Å². The van der Waals surface area contributed by atoms with E-state index < -0.39 is 0 Å². The van der Waals surface area contributed by atoms with Crippen LogP contribution in [-0.4, -0.2) is 45.8 Å². The number of H-pyrrole nitrogens is 1. The molecule has 0 fully saturated rings.